The van der Waals surface area contributed by atoms with Crippen LogP contribution in [0.4, 0.5) is 0 Å². The highest BCUT2D eigenvalue weighted by Gasteiger charge is 2.25. The molecule has 0 aliphatic carbocycles. The molecule has 3 heteroatoms. The molecule has 1 aliphatic rings. The first kappa shape index (κ1) is 18.9. The second-order valence-electron chi connectivity index (χ2n) is 6.98. The van der Waals surface area contributed by atoms with Crippen LogP contribution in [0.5, 0.6) is 0 Å². The SMILES string of the molecule is CCN(CC)C1CCN(CCCCCCNCC(C)C)C1. The van der Waals surface area contributed by atoms with Crippen molar-refractivity contribution in [3.8, 4) is 0 Å². The van der Waals surface area contributed by atoms with Crippen LogP contribution in [0.1, 0.15) is 59.8 Å². The summed E-state index contributed by atoms with van der Waals surface area (Å²) in [6.45, 7) is 17.8. The quantitative estimate of drug-likeness (QED) is 0.558. The van der Waals surface area contributed by atoms with Gasteiger partial charge >= 0.3 is 0 Å². The Labute approximate surface area is 133 Å². The van der Waals surface area contributed by atoms with Gasteiger partial charge in [-0.3, -0.25) is 4.90 Å². The number of nitrogens with one attached hydrogen (secondary N) is 1. The molecule has 1 unspecified atom stereocenters. The van der Waals surface area contributed by atoms with E-state index in [2.05, 4.69) is 42.8 Å². The van der Waals surface area contributed by atoms with E-state index in [-0.39, 0.29) is 0 Å². The highest BCUT2D eigenvalue weighted by Crippen LogP contribution is 2.16. The third-order valence-electron chi connectivity index (χ3n) is 4.71. The zero-order valence-electron chi connectivity index (χ0n) is 15.0. The molecule has 0 bridgehead atoms. The van der Waals surface area contributed by atoms with E-state index in [0.717, 1.165) is 12.0 Å². The van der Waals surface area contributed by atoms with Crippen LogP contribution in [-0.2, 0) is 0 Å². The third kappa shape index (κ3) is 8.18. The molecule has 0 aromatic heterocycles. The molecule has 0 aromatic rings. The topological polar surface area (TPSA) is 18.5 Å². The summed E-state index contributed by atoms with van der Waals surface area (Å²) in [5.74, 6) is 0.777. The Kier molecular flexibility index (Phi) is 10.3. The molecule has 1 heterocycles. The smallest absolute Gasteiger partial charge is 0.0235 e. The van der Waals surface area contributed by atoms with E-state index in [1.807, 2.05) is 0 Å². The molecule has 1 atom stereocenters. The molecule has 0 radical (unpaired) electrons. The highest BCUT2D eigenvalue weighted by atomic mass is 15.2. The average Bonchev–Trinajstić information content (AvgIpc) is 2.91. The molecule has 1 saturated heterocycles. The van der Waals surface area contributed by atoms with Crippen molar-refractivity contribution in [3.63, 3.8) is 0 Å². The third-order valence-corrected chi connectivity index (χ3v) is 4.71. The molecule has 0 spiro atoms. The van der Waals surface area contributed by atoms with Crippen molar-refractivity contribution in [3.05, 3.63) is 0 Å². The van der Waals surface area contributed by atoms with Crippen molar-refractivity contribution in [2.24, 2.45) is 5.92 Å². The summed E-state index contributed by atoms with van der Waals surface area (Å²) in [7, 11) is 0. The number of nitrogens with zero attached hydrogens (tertiary/aromatic N) is 2. The predicted molar refractivity (Wildman–Crippen MR) is 93.9 cm³/mol. The van der Waals surface area contributed by atoms with E-state index >= 15 is 0 Å². The van der Waals surface area contributed by atoms with E-state index in [9.17, 15) is 0 Å². The molecule has 0 amide bonds. The van der Waals surface area contributed by atoms with E-state index < -0.39 is 0 Å². The van der Waals surface area contributed by atoms with E-state index in [1.54, 1.807) is 0 Å². The maximum atomic E-state index is 3.53. The van der Waals surface area contributed by atoms with Gasteiger partial charge in [0.05, 0.1) is 0 Å². The predicted octanol–water partition coefficient (Wildman–Crippen LogP) is 3.21. The van der Waals surface area contributed by atoms with Gasteiger partial charge in [-0.1, -0.05) is 40.5 Å². The van der Waals surface area contributed by atoms with Crippen molar-refractivity contribution < 1.29 is 0 Å². The minimum Gasteiger partial charge on any atom is -0.316 e. The molecule has 0 aromatic carbocycles. The van der Waals surface area contributed by atoms with Crippen LogP contribution in [0.3, 0.4) is 0 Å². The standard InChI is InChI=1S/C18H39N3/c1-5-21(6-2)18-11-14-20(16-18)13-10-8-7-9-12-19-15-17(3)4/h17-19H,5-16H2,1-4H3. The summed E-state index contributed by atoms with van der Waals surface area (Å²) in [5.41, 5.74) is 0. The minimum absolute atomic E-state index is 0.777. The molecule has 1 aliphatic heterocycles. The van der Waals surface area contributed by atoms with Crippen LogP contribution in [0.15, 0.2) is 0 Å². The molecule has 3 nitrogen and oxygen atoms in total. The first-order valence-corrected chi connectivity index (χ1v) is 9.34. The molecular weight excluding hydrogens is 258 g/mol. The Bertz CT molecular complexity index is 239. The Hall–Kier alpha value is -0.120. The Morgan fingerprint density at radius 2 is 1.81 bits per heavy atom. The first-order chi connectivity index (χ1) is 10.2. The Balaban J connectivity index is 1.95. The van der Waals surface area contributed by atoms with E-state index in [1.165, 1.54) is 77.9 Å². The number of likely N-dealkylation sites (tertiary alicyclic amines) is 1. The van der Waals surface area contributed by atoms with Crippen molar-refractivity contribution in [2.45, 2.75) is 65.8 Å². The van der Waals surface area contributed by atoms with Crippen LogP contribution in [0.2, 0.25) is 0 Å². The molecule has 1 fully saturated rings. The maximum Gasteiger partial charge on any atom is 0.0235 e. The molecule has 1 N–H and O–H groups in total. The summed E-state index contributed by atoms with van der Waals surface area (Å²) in [6.07, 6.45) is 6.89. The van der Waals surface area contributed by atoms with Crippen LogP contribution < -0.4 is 5.32 Å². The van der Waals surface area contributed by atoms with Gasteiger partial charge in [0.1, 0.15) is 0 Å². The van der Waals surface area contributed by atoms with Gasteiger partial charge in [0.25, 0.3) is 0 Å². The monoisotopic (exact) mass is 297 g/mol. The van der Waals surface area contributed by atoms with Gasteiger partial charge in [0.2, 0.25) is 0 Å². The van der Waals surface area contributed by atoms with Crippen LogP contribution >= 0.6 is 0 Å². The van der Waals surface area contributed by atoms with Crippen molar-refractivity contribution in [1.29, 1.82) is 0 Å². The summed E-state index contributed by atoms with van der Waals surface area (Å²) >= 11 is 0. The number of hydrogen-bond acceptors (Lipinski definition) is 3. The summed E-state index contributed by atoms with van der Waals surface area (Å²) < 4.78 is 0. The maximum absolute atomic E-state index is 3.53. The summed E-state index contributed by atoms with van der Waals surface area (Å²) in [5, 5.41) is 3.53. The van der Waals surface area contributed by atoms with Gasteiger partial charge < -0.3 is 10.2 Å². The van der Waals surface area contributed by atoms with Gasteiger partial charge in [-0.05, 0) is 64.4 Å². The van der Waals surface area contributed by atoms with Gasteiger partial charge in [0.15, 0.2) is 0 Å². The largest absolute Gasteiger partial charge is 0.316 e. The zero-order chi connectivity index (χ0) is 15.5. The van der Waals surface area contributed by atoms with Gasteiger partial charge in [-0.15, -0.1) is 0 Å². The van der Waals surface area contributed by atoms with Crippen LogP contribution in [-0.4, -0.2) is 61.7 Å². The minimum atomic E-state index is 0.777. The lowest BCUT2D eigenvalue weighted by Gasteiger charge is -2.26. The van der Waals surface area contributed by atoms with Crippen LogP contribution in [0.25, 0.3) is 0 Å². The average molecular weight is 298 g/mol. The fourth-order valence-electron chi connectivity index (χ4n) is 3.38. The van der Waals surface area contributed by atoms with Gasteiger partial charge in [0, 0.05) is 12.6 Å². The molecule has 0 saturated carbocycles. The number of likely N-dealkylation sites (N-methyl/N-ethyl adjacent to an activating group) is 1. The summed E-state index contributed by atoms with van der Waals surface area (Å²) in [4.78, 5) is 5.31. The molecule has 1 rings (SSSR count). The second-order valence-corrected chi connectivity index (χ2v) is 6.98. The lowest BCUT2D eigenvalue weighted by Crippen LogP contribution is -2.37. The number of unbranched alkanes of at least 4 members (excludes halogenated alkanes) is 3. The zero-order valence-corrected chi connectivity index (χ0v) is 15.0. The Morgan fingerprint density at radius 1 is 1.10 bits per heavy atom. The van der Waals surface area contributed by atoms with Crippen molar-refractivity contribution in [1.82, 2.24) is 15.1 Å². The Morgan fingerprint density at radius 3 is 2.48 bits per heavy atom. The fraction of sp³-hybridized carbons (Fsp3) is 1.00. The first-order valence-electron chi connectivity index (χ1n) is 9.34. The second kappa shape index (κ2) is 11.4. The van der Waals surface area contributed by atoms with Gasteiger partial charge in [-0.25, -0.2) is 0 Å². The lowest BCUT2D eigenvalue weighted by molar-refractivity contribution is 0.210. The van der Waals surface area contributed by atoms with E-state index in [4.69, 9.17) is 0 Å². The number of hydrogen-bond donors (Lipinski definition) is 1. The van der Waals surface area contributed by atoms with Crippen molar-refractivity contribution in [2.75, 3.05) is 45.8 Å². The molecule has 21 heavy (non-hydrogen) atoms. The molecule has 126 valence electrons. The highest BCUT2D eigenvalue weighted by molar-refractivity contribution is 4.82. The van der Waals surface area contributed by atoms with E-state index in [0.29, 0.717) is 0 Å². The fourth-order valence-corrected chi connectivity index (χ4v) is 3.38. The summed E-state index contributed by atoms with van der Waals surface area (Å²) in [6, 6.07) is 0.820. The normalized spacial score (nSPS) is 20.0. The van der Waals surface area contributed by atoms with Crippen LogP contribution in [0, 0.1) is 5.92 Å². The van der Waals surface area contributed by atoms with Crippen molar-refractivity contribution >= 4 is 0 Å². The van der Waals surface area contributed by atoms with Gasteiger partial charge in [-0.2, -0.15) is 0 Å². The lowest BCUT2D eigenvalue weighted by atomic mass is 10.2. The number of rotatable bonds is 12. The molecular formula is C18H39N3.